The third-order valence-corrected chi connectivity index (χ3v) is 4.01. The van der Waals surface area contributed by atoms with Gasteiger partial charge >= 0.3 is 0 Å². The van der Waals surface area contributed by atoms with Crippen molar-refractivity contribution < 1.29 is 18.3 Å². The van der Waals surface area contributed by atoms with Gasteiger partial charge < -0.3 is 14.1 Å². The van der Waals surface area contributed by atoms with Crippen LogP contribution in [0.1, 0.15) is 37.2 Å². The Hall–Kier alpha value is -2.21. The highest BCUT2D eigenvalue weighted by Gasteiger charge is 2.29. The third-order valence-electron chi connectivity index (χ3n) is 4.01. The lowest BCUT2D eigenvalue weighted by Gasteiger charge is -2.32. The van der Waals surface area contributed by atoms with E-state index in [4.69, 9.17) is 9.15 Å². The zero-order valence-corrected chi connectivity index (χ0v) is 13.9. The van der Waals surface area contributed by atoms with Crippen LogP contribution in [0.4, 0.5) is 4.39 Å². The van der Waals surface area contributed by atoms with Gasteiger partial charge in [0.2, 0.25) is 11.8 Å². The minimum atomic E-state index is -0.344. The van der Waals surface area contributed by atoms with Crippen LogP contribution in [0.25, 0.3) is 0 Å². The number of benzene rings is 1. The van der Waals surface area contributed by atoms with E-state index in [1.165, 1.54) is 12.1 Å². The Morgan fingerprint density at radius 3 is 2.83 bits per heavy atom. The van der Waals surface area contributed by atoms with Crippen molar-refractivity contribution in [3.8, 4) is 0 Å². The number of ether oxygens (including phenoxy) is 1. The molecule has 2 aromatic rings. The Morgan fingerprint density at radius 1 is 1.38 bits per heavy atom. The van der Waals surface area contributed by atoms with Crippen molar-refractivity contribution in [3.05, 3.63) is 53.5 Å². The van der Waals surface area contributed by atoms with Crippen LogP contribution in [-0.2, 0) is 16.0 Å². The largest absolute Gasteiger partial charge is 0.442 e. The first kappa shape index (κ1) is 16.6. The first-order chi connectivity index (χ1) is 11.5. The summed E-state index contributed by atoms with van der Waals surface area (Å²) in [6.45, 7) is 5.29. The van der Waals surface area contributed by atoms with Crippen molar-refractivity contribution in [1.82, 2.24) is 9.88 Å². The molecule has 24 heavy (non-hydrogen) atoms. The summed E-state index contributed by atoms with van der Waals surface area (Å²) in [6, 6.07) is 6.29. The minimum absolute atomic E-state index is 0.0395. The van der Waals surface area contributed by atoms with Crippen LogP contribution in [0.5, 0.6) is 0 Å². The van der Waals surface area contributed by atoms with Crippen LogP contribution in [0.2, 0.25) is 0 Å². The number of rotatable bonds is 4. The van der Waals surface area contributed by atoms with Crippen molar-refractivity contribution in [2.45, 2.75) is 26.4 Å². The van der Waals surface area contributed by atoms with E-state index in [0.29, 0.717) is 37.8 Å². The smallest absolute Gasteiger partial charge is 0.225 e. The number of halogens is 1. The second-order valence-electron chi connectivity index (χ2n) is 6.27. The monoisotopic (exact) mass is 332 g/mol. The van der Waals surface area contributed by atoms with Gasteiger partial charge in [0.05, 0.1) is 19.3 Å². The molecule has 6 heteroatoms. The van der Waals surface area contributed by atoms with Crippen molar-refractivity contribution in [3.63, 3.8) is 0 Å². The molecule has 3 rings (SSSR count). The molecule has 0 N–H and O–H groups in total. The van der Waals surface area contributed by atoms with Gasteiger partial charge in [-0.3, -0.25) is 4.79 Å². The maximum atomic E-state index is 12.9. The predicted molar refractivity (Wildman–Crippen MR) is 85.8 cm³/mol. The zero-order chi connectivity index (χ0) is 17.1. The number of hydrogen-bond donors (Lipinski definition) is 0. The van der Waals surface area contributed by atoms with Crippen LogP contribution in [0, 0.1) is 11.7 Å². The van der Waals surface area contributed by atoms with Gasteiger partial charge in [-0.25, -0.2) is 9.37 Å². The van der Waals surface area contributed by atoms with Crippen LogP contribution in [-0.4, -0.2) is 35.5 Å². The molecule has 0 radical (unpaired) electrons. The van der Waals surface area contributed by atoms with Gasteiger partial charge in [0.15, 0.2) is 6.10 Å². The molecule has 0 bridgehead atoms. The Bertz CT molecular complexity index is 697. The summed E-state index contributed by atoms with van der Waals surface area (Å²) >= 11 is 0. The molecule has 128 valence electrons. The van der Waals surface area contributed by atoms with Crippen LogP contribution in [0.15, 0.2) is 34.9 Å². The van der Waals surface area contributed by atoms with Gasteiger partial charge in [-0.2, -0.15) is 0 Å². The van der Waals surface area contributed by atoms with Gasteiger partial charge in [0.1, 0.15) is 11.6 Å². The number of amides is 1. The van der Waals surface area contributed by atoms with E-state index < -0.39 is 0 Å². The SMILES string of the molecule is CC(C)C(=O)N1CCOC(c2ncc(Cc3ccc(F)cc3)o2)C1. The molecule has 2 heterocycles. The average molecular weight is 332 g/mol. The van der Waals surface area contributed by atoms with Crippen molar-refractivity contribution in [2.75, 3.05) is 19.7 Å². The molecule has 1 atom stereocenters. The highest BCUT2D eigenvalue weighted by atomic mass is 19.1. The first-order valence-corrected chi connectivity index (χ1v) is 8.12. The molecule has 1 aliphatic rings. The van der Waals surface area contributed by atoms with Gasteiger partial charge in [0, 0.05) is 18.9 Å². The highest BCUT2D eigenvalue weighted by Crippen LogP contribution is 2.24. The number of nitrogens with zero attached hydrogens (tertiary/aromatic N) is 2. The predicted octanol–water partition coefficient (Wildman–Crippen LogP) is 2.96. The van der Waals surface area contributed by atoms with E-state index in [-0.39, 0.29) is 23.7 Å². The Labute approximate surface area is 140 Å². The molecule has 1 aromatic carbocycles. The third kappa shape index (κ3) is 3.82. The standard InChI is InChI=1S/C18H21FN2O3/c1-12(2)18(22)21-7-8-23-16(11-21)17-20-10-15(24-17)9-13-3-5-14(19)6-4-13/h3-6,10,12,16H,7-9,11H2,1-2H3. The number of carbonyl (C=O) groups excluding carboxylic acids is 1. The van der Waals surface area contributed by atoms with E-state index in [1.54, 1.807) is 23.2 Å². The fourth-order valence-corrected chi connectivity index (χ4v) is 2.72. The number of oxazole rings is 1. The fraction of sp³-hybridized carbons (Fsp3) is 0.444. The van der Waals surface area contributed by atoms with Crippen molar-refractivity contribution >= 4 is 5.91 Å². The number of hydrogen-bond acceptors (Lipinski definition) is 4. The summed E-state index contributed by atoms with van der Waals surface area (Å²) in [5, 5.41) is 0. The molecule has 1 aliphatic heterocycles. The molecule has 0 saturated carbocycles. The highest BCUT2D eigenvalue weighted by molar-refractivity contribution is 5.78. The molecular weight excluding hydrogens is 311 g/mol. The maximum absolute atomic E-state index is 12.9. The van der Waals surface area contributed by atoms with Gasteiger partial charge in [-0.05, 0) is 17.7 Å². The Kier molecular flexibility index (Phi) is 4.94. The minimum Gasteiger partial charge on any atom is -0.442 e. The second-order valence-corrected chi connectivity index (χ2v) is 6.27. The Balaban J connectivity index is 1.66. The summed E-state index contributed by atoms with van der Waals surface area (Å²) < 4.78 is 24.4. The lowest BCUT2D eigenvalue weighted by molar-refractivity contribution is -0.143. The first-order valence-electron chi connectivity index (χ1n) is 8.12. The molecule has 1 amide bonds. The summed E-state index contributed by atoms with van der Waals surface area (Å²) in [6.07, 6.45) is 1.85. The molecule has 0 aliphatic carbocycles. The van der Waals surface area contributed by atoms with Gasteiger partial charge in [0.25, 0.3) is 0 Å². The second kappa shape index (κ2) is 7.13. The number of aromatic nitrogens is 1. The lowest BCUT2D eigenvalue weighted by Crippen LogP contribution is -2.44. The number of morpholine rings is 1. The molecule has 5 nitrogen and oxygen atoms in total. The number of carbonyl (C=O) groups is 1. The van der Waals surface area contributed by atoms with E-state index >= 15 is 0 Å². The van der Waals surface area contributed by atoms with E-state index in [2.05, 4.69) is 4.98 Å². The molecule has 1 saturated heterocycles. The normalized spacial score (nSPS) is 18.2. The summed E-state index contributed by atoms with van der Waals surface area (Å²) in [5.41, 5.74) is 0.945. The topological polar surface area (TPSA) is 55.6 Å². The molecule has 1 unspecified atom stereocenters. The molecule has 1 aromatic heterocycles. The van der Waals surface area contributed by atoms with Crippen molar-refractivity contribution in [1.29, 1.82) is 0 Å². The van der Waals surface area contributed by atoms with E-state index in [1.807, 2.05) is 13.8 Å². The van der Waals surface area contributed by atoms with E-state index in [9.17, 15) is 9.18 Å². The van der Waals surface area contributed by atoms with Gasteiger partial charge in [-0.1, -0.05) is 26.0 Å². The summed E-state index contributed by atoms with van der Waals surface area (Å²) in [7, 11) is 0. The Morgan fingerprint density at radius 2 is 2.12 bits per heavy atom. The summed E-state index contributed by atoms with van der Waals surface area (Å²) in [4.78, 5) is 18.2. The summed E-state index contributed by atoms with van der Waals surface area (Å²) in [5.74, 6) is 0.979. The lowest BCUT2D eigenvalue weighted by atomic mass is 10.1. The van der Waals surface area contributed by atoms with E-state index in [0.717, 1.165) is 5.56 Å². The zero-order valence-electron chi connectivity index (χ0n) is 13.9. The van der Waals surface area contributed by atoms with Crippen LogP contribution in [0.3, 0.4) is 0 Å². The maximum Gasteiger partial charge on any atom is 0.225 e. The molecule has 1 fully saturated rings. The fourth-order valence-electron chi connectivity index (χ4n) is 2.72. The van der Waals surface area contributed by atoms with Crippen molar-refractivity contribution in [2.24, 2.45) is 5.92 Å². The van der Waals surface area contributed by atoms with Gasteiger partial charge in [-0.15, -0.1) is 0 Å². The van der Waals surface area contributed by atoms with Crippen LogP contribution < -0.4 is 0 Å². The molecular formula is C18H21FN2O3. The van der Waals surface area contributed by atoms with Crippen LogP contribution >= 0.6 is 0 Å². The molecule has 0 spiro atoms. The average Bonchev–Trinajstić information content (AvgIpc) is 3.05. The quantitative estimate of drug-likeness (QED) is 0.864.